The van der Waals surface area contributed by atoms with Crippen LogP contribution in [-0.2, 0) is 14.3 Å². The first-order chi connectivity index (χ1) is 34.0. The number of hydrogen-bond acceptors (Lipinski definition) is 5. The van der Waals surface area contributed by atoms with E-state index < -0.39 is 18.2 Å². The molecule has 0 aromatic rings. The highest BCUT2D eigenvalue weighted by Gasteiger charge is 2.23. The molecule has 0 spiro atoms. The van der Waals surface area contributed by atoms with E-state index in [-0.39, 0.29) is 24.9 Å². The van der Waals surface area contributed by atoms with Crippen LogP contribution in [0.2, 0.25) is 0 Å². The van der Waals surface area contributed by atoms with Gasteiger partial charge < -0.3 is 20.3 Å². The van der Waals surface area contributed by atoms with E-state index >= 15 is 0 Å². The van der Waals surface area contributed by atoms with Crippen LogP contribution in [-0.4, -0.2) is 46.9 Å². The minimum Gasteiger partial charge on any atom is -0.461 e. The number of allylic oxidation sites excluding steroid dienone is 11. The Balaban J connectivity index is 4.63. The van der Waals surface area contributed by atoms with Crippen molar-refractivity contribution in [3.63, 3.8) is 0 Å². The van der Waals surface area contributed by atoms with Crippen LogP contribution in [0, 0.1) is 0 Å². The van der Waals surface area contributed by atoms with Crippen LogP contribution in [0.15, 0.2) is 72.9 Å². The van der Waals surface area contributed by atoms with E-state index in [1.54, 1.807) is 0 Å². The van der Waals surface area contributed by atoms with Crippen molar-refractivity contribution in [3.05, 3.63) is 72.9 Å². The summed E-state index contributed by atoms with van der Waals surface area (Å²) in [4.78, 5) is 26.3. The average molecular weight is 965 g/mol. The normalized spacial score (nSPS) is 13.6. The molecule has 0 bridgehead atoms. The van der Waals surface area contributed by atoms with E-state index in [1.807, 2.05) is 6.08 Å². The zero-order valence-electron chi connectivity index (χ0n) is 45.7. The van der Waals surface area contributed by atoms with Gasteiger partial charge in [0, 0.05) is 12.8 Å². The molecule has 0 fully saturated rings. The van der Waals surface area contributed by atoms with Gasteiger partial charge in [-0.2, -0.15) is 0 Å². The molecule has 0 aliphatic heterocycles. The fraction of sp³-hybridized carbons (Fsp3) is 0.778. The number of carbonyl (C=O) groups excluding carboxylic acids is 2. The SMILES string of the molecule is CCCCC/C=C\C/C=C\C/C=C\C/C=C\CC(CC(=O)NC(CO)C(O)CCCCCCCCCCCCCCCCCC)OC(=O)CCCCCCCCCCC/C=C\C/C=C\CCCCC. The summed E-state index contributed by atoms with van der Waals surface area (Å²) in [5, 5.41) is 23.9. The number of rotatable bonds is 53. The van der Waals surface area contributed by atoms with E-state index in [0.29, 0.717) is 19.3 Å². The van der Waals surface area contributed by atoms with Gasteiger partial charge in [0.25, 0.3) is 0 Å². The fourth-order valence-electron chi connectivity index (χ4n) is 8.74. The third kappa shape index (κ3) is 51.5. The van der Waals surface area contributed by atoms with Crippen LogP contribution in [0.5, 0.6) is 0 Å². The van der Waals surface area contributed by atoms with Crippen molar-refractivity contribution >= 4 is 11.9 Å². The molecule has 0 aromatic carbocycles. The summed E-state index contributed by atoms with van der Waals surface area (Å²) < 4.78 is 5.90. The summed E-state index contributed by atoms with van der Waals surface area (Å²) in [6, 6.07) is -0.735. The molecule has 3 unspecified atom stereocenters. The van der Waals surface area contributed by atoms with Gasteiger partial charge >= 0.3 is 5.97 Å². The van der Waals surface area contributed by atoms with Gasteiger partial charge in [-0.25, -0.2) is 0 Å². The molecular weight excluding hydrogens is 851 g/mol. The summed E-state index contributed by atoms with van der Waals surface area (Å²) in [5.41, 5.74) is 0. The molecule has 6 heteroatoms. The molecule has 6 nitrogen and oxygen atoms in total. The number of aliphatic hydroxyl groups is 2. The molecule has 0 saturated heterocycles. The molecule has 0 heterocycles. The molecule has 400 valence electrons. The Morgan fingerprint density at radius 3 is 1.19 bits per heavy atom. The Hall–Kier alpha value is -2.70. The molecule has 0 saturated carbocycles. The molecule has 3 atom stereocenters. The predicted molar refractivity (Wildman–Crippen MR) is 301 cm³/mol. The average Bonchev–Trinajstić information content (AvgIpc) is 3.34. The van der Waals surface area contributed by atoms with Crippen molar-refractivity contribution in [3.8, 4) is 0 Å². The lowest BCUT2D eigenvalue weighted by Gasteiger charge is -2.24. The van der Waals surface area contributed by atoms with E-state index in [1.165, 1.54) is 180 Å². The third-order valence-corrected chi connectivity index (χ3v) is 13.3. The number of amides is 1. The van der Waals surface area contributed by atoms with Crippen molar-refractivity contribution in [2.75, 3.05) is 6.61 Å². The smallest absolute Gasteiger partial charge is 0.306 e. The summed E-state index contributed by atoms with van der Waals surface area (Å²) >= 11 is 0. The van der Waals surface area contributed by atoms with Gasteiger partial charge in [-0.1, -0.05) is 267 Å². The lowest BCUT2D eigenvalue weighted by atomic mass is 10.0. The van der Waals surface area contributed by atoms with Gasteiger partial charge in [-0.15, -0.1) is 0 Å². The number of ether oxygens (including phenoxy) is 1. The number of esters is 1. The monoisotopic (exact) mass is 964 g/mol. The lowest BCUT2D eigenvalue weighted by Crippen LogP contribution is -2.46. The second kappa shape index (κ2) is 56.2. The van der Waals surface area contributed by atoms with Crippen molar-refractivity contribution < 1.29 is 24.5 Å². The zero-order chi connectivity index (χ0) is 50.2. The zero-order valence-corrected chi connectivity index (χ0v) is 45.7. The molecule has 0 aliphatic rings. The van der Waals surface area contributed by atoms with Gasteiger partial charge in [0.2, 0.25) is 5.91 Å². The number of carbonyl (C=O) groups is 2. The Labute approximate surface area is 428 Å². The number of hydrogen-bond donors (Lipinski definition) is 3. The van der Waals surface area contributed by atoms with Crippen molar-refractivity contribution in [1.29, 1.82) is 0 Å². The fourth-order valence-corrected chi connectivity index (χ4v) is 8.74. The number of unbranched alkanes of at least 4 members (excludes halogenated alkanes) is 30. The predicted octanol–water partition coefficient (Wildman–Crippen LogP) is 18.5. The first-order valence-corrected chi connectivity index (χ1v) is 29.7. The molecule has 0 aromatic heterocycles. The van der Waals surface area contributed by atoms with Crippen molar-refractivity contribution in [2.45, 2.75) is 309 Å². The minimum absolute atomic E-state index is 0.00113. The molecule has 1 amide bonds. The Morgan fingerprint density at radius 1 is 0.435 bits per heavy atom. The van der Waals surface area contributed by atoms with Gasteiger partial charge in [0.1, 0.15) is 6.10 Å². The highest BCUT2D eigenvalue weighted by molar-refractivity contribution is 5.77. The van der Waals surface area contributed by atoms with Crippen LogP contribution in [0.25, 0.3) is 0 Å². The van der Waals surface area contributed by atoms with E-state index in [4.69, 9.17) is 4.74 Å². The first kappa shape index (κ1) is 66.3. The van der Waals surface area contributed by atoms with Gasteiger partial charge in [0.15, 0.2) is 0 Å². The largest absolute Gasteiger partial charge is 0.461 e. The summed E-state index contributed by atoms with van der Waals surface area (Å²) in [6.07, 6.45) is 72.7. The van der Waals surface area contributed by atoms with E-state index in [9.17, 15) is 19.8 Å². The maximum atomic E-state index is 13.3. The summed E-state index contributed by atoms with van der Waals surface area (Å²) in [7, 11) is 0. The maximum Gasteiger partial charge on any atom is 0.306 e. The van der Waals surface area contributed by atoms with Gasteiger partial charge in [-0.05, 0) is 77.0 Å². The summed E-state index contributed by atoms with van der Waals surface area (Å²) in [5.74, 6) is -0.575. The minimum atomic E-state index is -0.815. The van der Waals surface area contributed by atoms with E-state index in [0.717, 1.165) is 64.2 Å². The Bertz CT molecular complexity index is 1270. The van der Waals surface area contributed by atoms with Gasteiger partial charge in [0.05, 0.1) is 25.2 Å². The van der Waals surface area contributed by atoms with Crippen molar-refractivity contribution in [2.24, 2.45) is 0 Å². The standard InChI is InChI=1S/C63H113NO5/c1-4-7-10-13-16-19-22-25-28-30-31-32-35-38-41-44-47-50-53-56-63(68)69-59(54-51-48-45-42-39-36-33-27-24-21-18-15-12-9-6-3)57-62(67)64-60(58-65)61(66)55-52-49-46-43-40-37-34-29-26-23-20-17-14-11-8-5-2/h16,18-19,21,25,27-28,33,39,42,48,51,59-61,65-66H,4-15,17,20,22-24,26,29-32,34-38,40-41,43-47,49-50,52-58H2,1-3H3,(H,64,67)/b19-16-,21-18-,28-25-,33-27-,42-39-,51-48-. The molecule has 0 rings (SSSR count). The van der Waals surface area contributed by atoms with E-state index in [2.05, 4.69) is 92.9 Å². The number of aliphatic hydroxyl groups excluding tert-OH is 2. The third-order valence-electron chi connectivity index (χ3n) is 13.3. The molecular formula is C63H113NO5. The second-order valence-electron chi connectivity index (χ2n) is 20.1. The second-order valence-corrected chi connectivity index (χ2v) is 20.1. The maximum absolute atomic E-state index is 13.3. The van der Waals surface area contributed by atoms with Crippen LogP contribution in [0.1, 0.15) is 290 Å². The Kier molecular flexibility index (Phi) is 54.0. The Morgan fingerprint density at radius 2 is 0.768 bits per heavy atom. The van der Waals surface area contributed by atoms with Crippen molar-refractivity contribution in [1.82, 2.24) is 5.32 Å². The number of nitrogens with one attached hydrogen (secondary N) is 1. The molecule has 0 aliphatic carbocycles. The highest BCUT2D eigenvalue weighted by Crippen LogP contribution is 2.17. The molecule has 69 heavy (non-hydrogen) atoms. The highest BCUT2D eigenvalue weighted by atomic mass is 16.5. The summed E-state index contributed by atoms with van der Waals surface area (Å²) in [6.45, 7) is 6.43. The van der Waals surface area contributed by atoms with Gasteiger partial charge in [-0.3, -0.25) is 9.59 Å². The van der Waals surface area contributed by atoms with Crippen LogP contribution in [0.4, 0.5) is 0 Å². The molecule has 0 radical (unpaired) electrons. The van der Waals surface area contributed by atoms with Crippen LogP contribution in [0.3, 0.4) is 0 Å². The van der Waals surface area contributed by atoms with Crippen LogP contribution >= 0.6 is 0 Å². The quantitative estimate of drug-likeness (QED) is 0.0321. The van der Waals surface area contributed by atoms with Crippen LogP contribution < -0.4 is 5.32 Å². The molecule has 3 N–H and O–H groups in total. The topological polar surface area (TPSA) is 95.9 Å². The first-order valence-electron chi connectivity index (χ1n) is 29.7. The lowest BCUT2D eigenvalue weighted by molar-refractivity contribution is -0.150.